The van der Waals surface area contributed by atoms with Crippen molar-refractivity contribution in [3.05, 3.63) is 94.7 Å². The fourth-order valence-electron chi connectivity index (χ4n) is 14.2. The number of carbonyl (C=O) groups is 1. The molecule has 0 spiro atoms. The van der Waals surface area contributed by atoms with E-state index in [0.29, 0.717) is 65.9 Å². The minimum atomic E-state index is -1.19. The molecule has 10 nitrogen and oxygen atoms in total. The number of aliphatic hydroxyl groups excluding tert-OH is 4. The smallest absolute Gasteiger partial charge is 0.339 e. The first kappa shape index (κ1) is 58.4. The molecular weight excluding hydrogens is 891 g/mol. The Morgan fingerprint density at radius 3 is 1.49 bits per heavy atom. The Bertz CT molecular complexity index is 2000. The van der Waals surface area contributed by atoms with Gasteiger partial charge in [0, 0.05) is 18.5 Å². The highest BCUT2D eigenvalue weighted by molar-refractivity contribution is 5.91. The Kier molecular flexibility index (Phi) is 20.3. The van der Waals surface area contributed by atoms with Crippen LogP contribution in [0, 0.1) is 46.3 Å². The van der Waals surface area contributed by atoms with Crippen LogP contribution in [0.15, 0.2) is 89.1 Å². The van der Waals surface area contributed by atoms with Gasteiger partial charge in [-0.2, -0.15) is 0 Å². The van der Waals surface area contributed by atoms with Gasteiger partial charge in [-0.1, -0.05) is 102 Å². The van der Waals surface area contributed by atoms with Gasteiger partial charge in [-0.15, -0.1) is 0 Å². The van der Waals surface area contributed by atoms with E-state index in [1.165, 1.54) is 95.2 Å². The van der Waals surface area contributed by atoms with Crippen molar-refractivity contribution < 1.29 is 45.6 Å². The van der Waals surface area contributed by atoms with E-state index in [2.05, 4.69) is 65.2 Å². The van der Waals surface area contributed by atoms with Crippen LogP contribution >= 0.6 is 0 Å². The molecule has 398 valence electrons. The molecular formula is C61H95NO9. The highest BCUT2D eigenvalue weighted by Crippen LogP contribution is 2.61. The molecule has 0 radical (unpaired) electrons. The fraction of sp³-hybridized carbons (Fsp3) is 0.689. The zero-order chi connectivity index (χ0) is 52.6. The number of allylic oxidation sites excluding steroid dienone is 6. The number of hydrogen-bond acceptors (Lipinski definition) is 9. The summed E-state index contributed by atoms with van der Waals surface area (Å²) in [4.78, 5) is 10.4. The summed E-state index contributed by atoms with van der Waals surface area (Å²) in [6, 6.07) is 3.89. The van der Waals surface area contributed by atoms with Gasteiger partial charge in [-0.3, -0.25) is 0 Å². The third kappa shape index (κ3) is 15.5. The van der Waals surface area contributed by atoms with Gasteiger partial charge in [-0.05, 0) is 204 Å². The molecule has 1 aromatic carbocycles. The minimum absolute atomic E-state index is 0.176. The number of aromatic hydroxyl groups is 1. The molecule has 0 aromatic heterocycles. The Morgan fingerprint density at radius 2 is 1.13 bits per heavy atom. The molecule has 6 fully saturated rings. The quantitative estimate of drug-likeness (QED) is 0.0675. The van der Waals surface area contributed by atoms with Gasteiger partial charge in [0.1, 0.15) is 11.3 Å². The molecule has 71 heavy (non-hydrogen) atoms. The van der Waals surface area contributed by atoms with E-state index in [4.69, 9.17) is 15.9 Å². The number of nitrogens with two attached hydrogens (primary N) is 1. The SMILES string of the molecule is C=C1/C(=C\C=C2/CCC[C@]3(C)[C@@H]([C@H](C)CCCC(C)(C)O)CC[C@@H]23)C[C@@H](O)C[C@@H]1O.C=C1/C(=C\C=C2/CCC[C@]3(C)[C@@H]([C@H](C)CCCC(C)(C)O)CC[C@@H]23)C[C@@H](O)C[C@@H]1O.Nc1ccc(O)c(C(=O)O)c1. The molecule has 0 bridgehead atoms. The fourth-order valence-corrected chi connectivity index (χ4v) is 14.2. The van der Waals surface area contributed by atoms with Crippen molar-refractivity contribution >= 4 is 11.7 Å². The maximum absolute atomic E-state index is 10.4. The van der Waals surface area contributed by atoms with E-state index < -0.39 is 41.6 Å². The first-order chi connectivity index (χ1) is 33.1. The average Bonchev–Trinajstić information content (AvgIpc) is 3.82. The van der Waals surface area contributed by atoms with Gasteiger partial charge < -0.3 is 46.6 Å². The molecule has 6 saturated carbocycles. The first-order valence-electron chi connectivity index (χ1n) is 27.3. The van der Waals surface area contributed by atoms with Crippen molar-refractivity contribution in [1.29, 1.82) is 0 Å². The van der Waals surface area contributed by atoms with Crippen molar-refractivity contribution in [2.24, 2.45) is 46.3 Å². The van der Waals surface area contributed by atoms with Crippen LogP contribution in [0.4, 0.5) is 5.69 Å². The Labute approximate surface area is 427 Å². The number of carboxylic acids is 1. The van der Waals surface area contributed by atoms with Crippen LogP contribution in [-0.2, 0) is 0 Å². The third-order valence-electron chi connectivity index (χ3n) is 18.1. The van der Waals surface area contributed by atoms with Gasteiger partial charge in [0.15, 0.2) is 0 Å². The van der Waals surface area contributed by atoms with Gasteiger partial charge in [0.05, 0.1) is 35.6 Å². The van der Waals surface area contributed by atoms with Gasteiger partial charge in [0.25, 0.3) is 0 Å². The summed E-state index contributed by atoms with van der Waals surface area (Å²) < 4.78 is 0. The molecule has 12 atom stereocenters. The summed E-state index contributed by atoms with van der Waals surface area (Å²) in [5.41, 5.74) is 11.8. The van der Waals surface area contributed by atoms with E-state index in [-0.39, 0.29) is 11.3 Å². The van der Waals surface area contributed by atoms with Crippen molar-refractivity contribution in [2.75, 3.05) is 5.73 Å². The summed E-state index contributed by atoms with van der Waals surface area (Å²) in [5.74, 6) is 2.75. The highest BCUT2D eigenvalue weighted by Gasteiger charge is 2.52. The van der Waals surface area contributed by atoms with Crippen molar-refractivity contribution in [1.82, 2.24) is 0 Å². The van der Waals surface area contributed by atoms with E-state index in [9.17, 15) is 35.4 Å². The van der Waals surface area contributed by atoms with Crippen LogP contribution in [0.3, 0.4) is 0 Å². The molecule has 1 aromatic rings. The zero-order valence-electron chi connectivity index (χ0n) is 44.9. The second-order valence-electron chi connectivity index (χ2n) is 24.8. The van der Waals surface area contributed by atoms with Crippen LogP contribution in [0.1, 0.15) is 194 Å². The summed E-state index contributed by atoms with van der Waals surface area (Å²) in [5, 5.41) is 77.8. The second-order valence-corrected chi connectivity index (χ2v) is 24.8. The van der Waals surface area contributed by atoms with Gasteiger partial charge in [-0.25, -0.2) is 4.79 Å². The monoisotopic (exact) mass is 986 g/mol. The van der Waals surface area contributed by atoms with Gasteiger partial charge >= 0.3 is 5.97 Å². The second kappa shape index (κ2) is 24.7. The van der Waals surface area contributed by atoms with Gasteiger partial charge in [0.2, 0.25) is 0 Å². The van der Waals surface area contributed by atoms with Crippen LogP contribution in [0.5, 0.6) is 5.75 Å². The van der Waals surface area contributed by atoms with Crippen molar-refractivity contribution in [2.45, 2.75) is 219 Å². The normalized spacial score (nSPS) is 34.3. The Hall–Kier alpha value is -3.51. The van der Waals surface area contributed by atoms with E-state index >= 15 is 0 Å². The molecule has 7 rings (SSSR count). The lowest BCUT2D eigenvalue weighted by Crippen LogP contribution is -2.36. The Morgan fingerprint density at radius 1 is 0.718 bits per heavy atom. The molecule has 0 unspecified atom stereocenters. The Balaban J connectivity index is 0.000000218. The number of hydrogen-bond donors (Lipinski definition) is 9. The molecule has 0 aliphatic heterocycles. The van der Waals surface area contributed by atoms with Crippen LogP contribution < -0.4 is 5.73 Å². The topological polar surface area (TPSA) is 205 Å². The molecule has 6 aliphatic carbocycles. The molecule has 0 heterocycles. The molecule has 0 amide bonds. The summed E-state index contributed by atoms with van der Waals surface area (Å²) >= 11 is 0. The lowest BCUT2D eigenvalue weighted by Gasteiger charge is -2.44. The van der Waals surface area contributed by atoms with Crippen LogP contribution in [0.2, 0.25) is 0 Å². The number of nitrogen functional groups attached to an aromatic ring is 1. The number of aromatic carboxylic acids is 1. The number of anilines is 1. The lowest BCUT2D eigenvalue weighted by atomic mass is 9.60. The van der Waals surface area contributed by atoms with E-state index in [1.54, 1.807) is 11.1 Å². The standard InChI is InChI=1S/2C27H44O3.C7H7NO3/c2*1-18(8-6-14-26(3,4)30)23-12-13-24-20(9-7-15-27(23,24)5)10-11-21-16-22(28)17-25(29)19(21)2;8-4-1-2-6(9)5(3-4)7(10)11/h2*10-11,18,22-25,28-30H,2,6-9,12-17H2,1,3-5H3;1-3,9H,8H2,(H,10,11)/b2*20-10+,21-11-;/t2*18-,22-,23-,24+,25+,27-;/m11./s1. The molecule has 10 N–H and O–H groups in total. The van der Waals surface area contributed by atoms with Crippen LogP contribution in [-0.4, -0.2) is 82.4 Å². The minimum Gasteiger partial charge on any atom is -0.507 e. The predicted molar refractivity (Wildman–Crippen MR) is 288 cm³/mol. The van der Waals surface area contributed by atoms with E-state index in [0.717, 1.165) is 59.8 Å². The van der Waals surface area contributed by atoms with Crippen molar-refractivity contribution in [3.8, 4) is 5.75 Å². The number of fused-ring (bicyclic) bond motifs is 2. The summed E-state index contributed by atoms with van der Waals surface area (Å²) in [6.45, 7) is 25.7. The molecule has 0 saturated heterocycles. The highest BCUT2D eigenvalue weighted by atomic mass is 16.4. The lowest BCUT2D eigenvalue weighted by molar-refractivity contribution is 0.0590. The number of aliphatic hydroxyl groups is 6. The third-order valence-corrected chi connectivity index (χ3v) is 18.1. The maximum Gasteiger partial charge on any atom is 0.339 e. The summed E-state index contributed by atoms with van der Waals surface area (Å²) in [6.07, 6.45) is 27.7. The molecule has 10 heteroatoms. The molecule has 6 aliphatic rings. The maximum atomic E-state index is 10.4. The number of benzene rings is 1. The van der Waals surface area contributed by atoms with E-state index in [1.807, 2.05) is 27.7 Å². The number of carboxylic acid groups (broad SMARTS) is 1. The number of rotatable bonds is 13. The predicted octanol–water partition coefficient (Wildman–Crippen LogP) is 12.1. The van der Waals surface area contributed by atoms with Crippen LogP contribution in [0.25, 0.3) is 0 Å². The largest absolute Gasteiger partial charge is 0.507 e. The number of phenols is 1. The first-order valence-corrected chi connectivity index (χ1v) is 27.3. The average molecular weight is 986 g/mol. The van der Waals surface area contributed by atoms with Crippen molar-refractivity contribution in [3.63, 3.8) is 0 Å². The zero-order valence-corrected chi connectivity index (χ0v) is 44.9. The summed E-state index contributed by atoms with van der Waals surface area (Å²) in [7, 11) is 0.